The van der Waals surface area contributed by atoms with Gasteiger partial charge in [-0.05, 0) is 45.4 Å². The SMILES string of the molecule is Cc1csc(C(O)Cc2cncc(Br)c2)c1Cl. The van der Waals surface area contributed by atoms with Crippen LogP contribution in [0.1, 0.15) is 22.1 Å². The zero-order valence-corrected chi connectivity index (χ0v) is 12.3. The molecule has 0 saturated carbocycles. The molecular weight excluding hydrogens is 322 g/mol. The third kappa shape index (κ3) is 3.07. The van der Waals surface area contributed by atoms with Gasteiger partial charge in [0.2, 0.25) is 0 Å². The lowest BCUT2D eigenvalue weighted by Gasteiger charge is -2.09. The van der Waals surface area contributed by atoms with Gasteiger partial charge >= 0.3 is 0 Å². The molecule has 0 aliphatic carbocycles. The summed E-state index contributed by atoms with van der Waals surface area (Å²) in [6, 6.07) is 1.95. The molecule has 2 nitrogen and oxygen atoms in total. The van der Waals surface area contributed by atoms with Crippen molar-refractivity contribution in [3.8, 4) is 0 Å². The van der Waals surface area contributed by atoms with Gasteiger partial charge in [-0.3, -0.25) is 4.98 Å². The minimum Gasteiger partial charge on any atom is -0.387 e. The van der Waals surface area contributed by atoms with Crippen molar-refractivity contribution >= 4 is 38.9 Å². The molecule has 2 heterocycles. The lowest BCUT2D eigenvalue weighted by molar-refractivity contribution is 0.182. The summed E-state index contributed by atoms with van der Waals surface area (Å²) in [5.41, 5.74) is 1.99. The first-order chi connectivity index (χ1) is 8.08. The normalized spacial score (nSPS) is 12.7. The van der Waals surface area contributed by atoms with Gasteiger partial charge in [0.25, 0.3) is 0 Å². The van der Waals surface area contributed by atoms with Crippen LogP contribution in [0.25, 0.3) is 0 Å². The summed E-state index contributed by atoms with van der Waals surface area (Å²) in [4.78, 5) is 4.89. The van der Waals surface area contributed by atoms with E-state index in [1.807, 2.05) is 18.4 Å². The Bertz CT molecular complexity index is 529. The molecule has 2 aromatic heterocycles. The largest absolute Gasteiger partial charge is 0.387 e. The maximum absolute atomic E-state index is 10.1. The Morgan fingerprint density at radius 2 is 2.29 bits per heavy atom. The number of thiophene rings is 1. The molecule has 1 atom stereocenters. The number of pyridine rings is 1. The number of halogens is 2. The van der Waals surface area contributed by atoms with Crippen LogP contribution in [0.15, 0.2) is 28.3 Å². The lowest BCUT2D eigenvalue weighted by Crippen LogP contribution is -2.00. The van der Waals surface area contributed by atoms with Gasteiger partial charge in [-0.2, -0.15) is 0 Å². The van der Waals surface area contributed by atoms with E-state index in [0.717, 1.165) is 20.5 Å². The molecule has 1 N–H and O–H groups in total. The molecule has 0 amide bonds. The van der Waals surface area contributed by atoms with E-state index in [2.05, 4.69) is 20.9 Å². The Labute approximate surface area is 117 Å². The van der Waals surface area contributed by atoms with Crippen molar-refractivity contribution in [1.82, 2.24) is 4.98 Å². The van der Waals surface area contributed by atoms with Crippen LogP contribution in [0.3, 0.4) is 0 Å². The van der Waals surface area contributed by atoms with Gasteiger partial charge in [-0.1, -0.05) is 11.6 Å². The highest BCUT2D eigenvalue weighted by Gasteiger charge is 2.16. The highest BCUT2D eigenvalue weighted by molar-refractivity contribution is 9.10. The van der Waals surface area contributed by atoms with Crippen LogP contribution in [0.4, 0.5) is 0 Å². The minimum atomic E-state index is -0.572. The van der Waals surface area contributed by atoms with Crippen LogP contribution in [-0.4, -0.2) is 10.1 Å². The molecule has 2 rings (SSSR count). The molecule has 0 aliphatic heterocycles. The predicted molar refractivity (Wildman–Crippen MR) is 74.7 cm³/mol. The zero-order chi connectivity index (χ0) is 12.4. The number of nitrogens with zero attached hydrogens (tertiary/aromatic N) is 1. The van der Waals surface area contributed by atoms with Crippen molar-refractivity contribution in [2.75, 3.05) is 0 Å². The molecular formula is C12H11BrClNOS. The van der Waals surface area contributed by atoms with Crippen molar-refractivity contribution in [2.24, 2.45) is 0 Å². The molecule has 0 saturated heterocycles. The first-order valence-electron chi connectivity index (χ1n) is 5.09. The molecule has 0 bridgehead atoms. The van der Waals surface area contributed by atoms with Gasteiger partial charge < -0.3 is 5.11 Å². The number of hydrogen-bond donors (Lipinski definition) is 1. The van der Waals surface area contributed by atoms with Crippen LogP contribution in [0.2, 0.25) is 5.02 Å². The summed E-state index contributed by atoms with van der Waals surface area (Å²) in [5, 5.41) is 12.8. The van der Waals surface area contributed by atoms with Crippen LogP contribution in [0, 0.1) is 6.92 Å². The number of aliphatic hydroxyl groups excluding tert-OH is 1. The highest BCUT2D eigenvalue weighted by atomic mass is 79.9. The van der Waals surface area contributed by atoms with Gasteiger partial charge in [0.1, 0.15) is 0 Å². The molecule has 0 fully saturated rings. The zero-order valence-electron chi connectivity index (χ0n) is 9.15. The fraction of sp³-hybridized carbons (Fsp3) is 0.250. The number of aliphatic hydroxyl groups is 1. The van der Waals surface area contributed by atoms with E-state index < -0.39 is 6.10 Å². The fourth-order valence-corrected chi connectivity index (χ4v) is 3.28. The number of rotatable bonds is 3. The Morgan fingerprint density at radius 1 is 1.53 bits per heavy atom. The Morgan fingerprint density at radius 3 is 2.88 bits per heavy atom. The van der Waals surface area contributed by atoms with Crippen LogP contribution >= 0.6 is 38.9 Å². The van der Waals surface area contributed by atoms with Crippen molar-refractivity contribution in [2.45, 2.75) is 19.4 Å². The molecule has 0 radical (unpaired) electrons. The lowest BCUT2D eigenvalue weighted by atomic mass is 10.1. The molecule has 0 aromatic carbocycles. The van der Waals surface area contributed by atoms with Crippen LogP contribution in [0.5, 0.6) is 0 Å². The summed E-state index contributed by atoms with van der Waals surface area (Å²) in [6.07, 6.45) is 3.42. The van der Waals surface area contributed by atoms with Crippen LogP contribution in [-0.2, 0) is 6.42 Å². The molecule has 5 heteroatoms. The smallest absolute Gasteiger partial charge is 0.0937 e. The van der Waals surface area contributed by atoms with E-state index in [0.29, 0.717) is 11.4 Å². The molecule has 0 spiro atoms. The fourth-order valence-electron chi connectivity index (χ4n) is 1.56. The summed E-state index contributed by atoms with van der Waals surface area (Å²) in [5.74, 6) is 0. The van der Waals surface area contributed by atoms with Gasteiger partial charge in [-0.15, -0.1) is 11.3 Å². The number of aromatic nitrogens is 1. The minimum absolute atomic E-state index is 0.520. The quantitative estimate of drug-likeness (QED) is 0.916. The number of aryl methyl sites for hydroxylation is 1. The average Bonchev–Trinajstić information content (AvgIpc) is 2.60. The molecule has 0 aliphatic rings. The molecule has 1 unspecified atom stereocenters. The van der Waals surface area contributed by atoms with Crippen molar-refractivity contribution in [3.05, 3.63) is 49.3 Å². The summed E-state index contributed by atoms with van der Waals surface area (Å²) < 4.78 is 0.913. The van der Waals surface area contributed by atoms with Gasteiger partial charge in [0.15, 0.2) is 0 Å². The molecule has 17 heavy (non-hydrogen) atoms. The van der Waals surface area contributed by atoms with E-state index in [9.17, 15) is 5.11 Å². The third-order valence-corrected chi connectivity index (χ3v) is 4.67. The van der Waals surface area contributed by atoms with Gasteiger partial charge in [0, 0.05) is 23.3 Å². The van der Waals surface area contributed by atoms with E-state index in [1.54, 1.807) is 12.4 Å². The summed E-state index contributed by atoms with van der Waals surface area (Å²) in [6.45, 7) is 1.94. The second kappa shape index (κ2) is 5.48. The molecule has 2 aromatic rings. The standard InChI is InChI=1S/C12H11BrClNOS/c1-7-6-17-12(11(7)14)10(16)3-8-2-9(13)5-15-4-8/h2,4-6,10,16H,3H2,1H3. The Kier molecular flexibility index (Phi) is 4.20. The van der Waals surface area contributed by atoms with E-state index in [-0.39, 0.29) is 0 Å². The Hall–Kier alpha value is -0.420. The van der Waals surface area contributed by atoms with Gasteiger partial charge in [-0.25, -0.2) is 0 Å². The highest BCUT2D eigenvalue weighted by Crippen LogP contribution is 2.33. The predicted octanol–water partition coefficient (Wildman–Crippen LogP) is 4.14. The van der Waals surface area contributed by atoms with Gasteiger partial charge in [0.05, 0.1) is 16.0 Å². The van der Waals surface area contributed by atoms with Crippen molar-refractivity contribution in [3.63, 3.8) is 0 Å². The van der Waals surface area contributed by atoms with E-state index in [4.69, 9.17) is 11.6 Å². The average molecular weight is 333 g/mol. The van der Waals surface area contributed by atoms with Crippen molar-refractivity contribution in [1.29, 1.82) is 0 Å². The topological polar surface area (TPSA) is 33.1 Å². The third-order valence-electron chi connectivity index (χ3n) is 2.42. The van der Waals surface area contributed by atoms with Crippen LogP contribution < -0.4 is 0 Å². The second-order valence-corrected chi connectivity index (χ2v) is 6.03. The van der Waals surface area contributed by atoms with E-state index in [1.165, 1.54) is 11.3 Å². The van der Waals surface area contributed by atoms with Crippen molar-refractivity contribution < 1.29 is 5.11 Å². The monoisotopic (exact) mass is 331 g/mol. The molecule has 90 valence electrons. The number of hydrogen-bond acceptors (Lipinski definition) is 3. The maximum atomic E-state index is 10.1. The summed E-state index contributed by atoms with van der Waals surface area (Å²) >= 11 is 11.0. The Balaban J connectivity index is 2.17. The summed E-state index contributed by atoms with van der Waals surface area (Å²) in [7, 11) is 0. The maximum Gasteiger partial charge on any atom is 0.0937 e. The first-order valence-corrected chi connectivity index (χ1v) is 7.14. The first kappa shape index (κ1) is 13.0. The van der Waals surface area contributed by atoms with E-state index >= 15 is 0 Å². The second-order valence-electron chi connectivity index (χ2n) is 3.83.